The highest BCUT2D eigenvalue weighted by Gasteiger charge is 2.22. The summed E-state index contributed by atoms with van der Waals surface area (Å²) in [5.74, 6) is -0.352. The molecule has 0 aliphatic heterocycles. The molecule has 2 aromatic carbocycles. The molecule has 0 fully saturated rings. The van der Waals surface area contributed by atoms with Gasteiger partial charge in [-0.3, -0.25) is 14.9 Å². The van der Waals surface area contributed by atoms with Crippen molar-refractivity contribution in [3.63, 3.8) is 0 Å². The van der Waals surface area contributed by atoms with Crippen LogP contribution in [0, 0.1) is 17.0 Å². The average Bonchev–Trinajstić information content (AvgIpc) is 2.75. The summed E-state index contributed by atoms with van der Waals surface area (Å²) in [6.45, 7) is 4.90. The molecule has 10 nitrogen and oxygen atoms in total. The third kappa shape index (κ3) is 4.99. The molecule has 0 unspecified atom stereocenters. The summed E-state index contributed by atoms with van der Waals surface area (Å²) in [6.07, 6.45) is 0.295. The fraction of sp³-hybridized carbons (Fsp3) is 0.238. The minimum atomic E-state index is -1.02. The van der Waals surface area contributed by atoms with Crippen molar-refractivity contribution in [3.8, 4) is 5.75 Å². The van der Waals surface area contributed by atoms with Crippen LogP contribution in [0.4, 0.5) is 5.69 Å². The lowest BCUT2D eigenvalue weighted by Gasteiger charge is -2.13. The van der Waals surface area contributed by atoms with E-state index < -0.39 is 17.0 Å². The Balaban J connectivity index is 1.94. The fourth-order valence-electron chi connectivity index (χ4n) is 2.88. The lowest BCUT2D eigenvalue weighted by Crippen LogP contribution is -2.26. The van der Waals surface area contributed by atoms with Crippen LogP contribution in [-0.4, -0.2) is 39.5 Å². The maximum atomic E-state index is 12.8. The number of aryl methyl sites for hydroxylation is 1. The van der Waals surface area contributed by atoms with Crippen molar-refractivity contribution in [2.75, 3.05) is 6.61 Å². The summed E-state index contributed by atoms with van der Waals surface area (Å²) < 4.78 is 12.1. The van der Waals surface area contributed by atoms with Crippen molar-refractivity contribution < 1.29 is 19.2 Å². The third-order valence-corrected chi connectivity index (χ3v) is 4.89. The molecule has 11 heteroatoms. The van der Waals surface area contributed by atoms with Crippen molar-refractivity contribution >= 4 is 44.7 Å². The summed E-state index contributed by atoms with van der Waals surface area (Å²) in [7, 11) is 0. The van der Waals surface area contributed by atoms with E-state index in [4.69, 9.17) is 9.47 Å². The number of carbonyl (C=O) groups is 1. The van der Waals surface area contributed by atoms with Gasteiger partial charge in [0, 0.05) is 16.1 Å². The zero-order chi connectivity index (χ0) is 23.4. The van der Waals surface area contributed by atoms with Gasteiger partial charge in [0.1, 0.15) is 5.82 Å². The van der Waals surface area contributed by atoms with Crippen LogP contribution < -0.4 is 10.3 Å². The summed E-state index contributed by atoms with van der Waals surface area (Å²) in [5.41, 5.74) is 0.168. The van der Waals surface area contributed by atoms with Crippen LogP contribution in [0.15, 0.2) is 50.8 Å². The Hall–Kier alpha value is -3.60. The summed E-state index contributed by atoms with van der Waals surface area (Å²) in [6, 6.07) is 9.28. The van der Waals surface area contributed by atoms with Gasteiger partial charge in [-0.1, -0.05) is 15.9 Å². The van der Waals surface area contributed by atoms with E-state index in [0.29, 0.717) is 22.3 Å². The van der Waals surface area contributed by atoms with E-state index in [-0.39, 0.29) is 23.6 Å². The van der Waals surface area contributed by atoms with Gasteiger partial charge >= 0.3 is 11.7 Å². The van der Waals surface area contributed by atoms with E-state index in [9.17, 15) is 19.7 Å². The van der Waals surface area contributed by atoms with Crippen molar-refractivity contribution in [2.24, 2.45) is 5.10 Å². The van der Waals surface area contributed by atoms with Gasteiger partial charge < -0.3 is 9.47 Å². The van der Waals surface area contributed by atoms with E-state index in [1.807, 2.05) is 0 Å². The molecule has 1 heterocycles. The molecule has 0 N–H and O–H groups in total. The molecule has 0 radical (unpaired) electrons. The Kier molecular flexibility index (Phi) is 6.98. The van der Waals surface area contributed by atoms with E-state index in [1.54, 1.807) is 32.0 Å². The highest BCUT2D eigenvalue weighted by Crippen LogP contribution is 2.28. The maximum absolute atomic E-state index is 12.8. The van der Waals surface area contributed by atoms with Gasteiger partial charge in [-0.2, -0.15) is 9.78 Å². The Morgan fingerprint density at radius 3 is 2.78 bits per heavy atom. The van der Waals surface area contributed by atoms with E-state index in [2.05, 4.69) is 26.0 Å². The Morgan fingerprint density at radius 1 is 1.34 bits per heavy atom. The smallest absolute Gasteiger partial charge is 0.347 e. The molecule has 0 saturated heterocycles. The van der Waals surface area contributed by atoms with Crippen molar-refractivity contribution in [2.45, 2.75) is 26.9 Å². The first-order chi connectivity index (χ1) is 15.2. The van der Waals surface area contributed by atoms with Gasteiger partial charge in [0.05, 0.1) is 28.6 Å². The molecule has 0 aliphatic carbocycles. The monoisotopic (exact) mass is 502 g/mol. The van der Waals surface area contributed by atoms with Crippen LogP contribution in [0.2, 0.25) is 0 Å². The van der Waals surface area contributed by atoms with Gasteiger partial charge in [-0.25, -0.2) is 9.78 Å². The molecule has 166 valence electrons. The second-order valence-electron chi connectivity index (χ2n) is 6.68. The van der Waals surface area contributed by atoms with Crippen molar-refractivity contribution in [1.82, 2.24) is 9.66 Å². The fourth-order valence-corrected chi connectivity index (χ4v) is 3.24. The minimum Gasteiger partial charge on any atom is -0.472 e. The van der Waals surface area contributed by atoms with Gasteiger partial charge in [0.15, 0.2) is 11.9 Å². The van der Waals surface area contributed by atoms with E-state index >= 15 is 0 Å². The van der Waals surface area contributed by atoms with Gasteiger partial charge in [-0.05, 0) is 51.1 Å². The molecule has 0 bridgehead atoms. The van der Waals surface area contributed by atoms with E-state index in [1.165, 1.54) is 31.3 Å². The number of carbonyl (C=O) groups excluding carboxylic acids is 1. The Labute approximate surface area is 190 Å². The largest absolute Gasteiger partial charge is 0.472 e. The van der Waals surface area contributed by atoms with Gasteiger partial charge in [-0.15, -0.1) is 0 Å². The molecule has 1 atom stereocenters. The van der Waals surface area contributed by atoms with Crippen LogP contribution in [-0.2, 0) is 9.53 Å². The molecule has 3 aromatic rings. The van der Waals surface area contributed by atoms with E-state index in [0.717, 1.165) is 9.15 Å². The number of halogens is 1. The quantitative estimate of drug-likeness (QED) is 0.209. The van der Waals surface area contributed by atoms with Crippen LogP contribution in [0.3, 0.4) is 0 Å². The highest BCUT2D eigenvalue weighted by atomic mass is 79.9. The third-order valence-electron chi connectivity index (χ3n) is 4.39. The number of fused-ring (bicyclic) bond motifs is 1. The molecule has 0 aliphatic rings. The number of nitrogens with zero attached hydrogens (tertiary/aromatic N) is 4. The zero-order valence-corrected chi connectivity index (χ0v) is 19.0. The molecule has 0 amide bonds. The molecular formula is C21H19BrN4O6. The SMILES string of the molecule is CCOC(=O)[C@@H](C)Oc1ccc(C=Nn2c(C)nc3ccc(Br)cc3c2=O)cc1[N+](=O)[O-]. The maximum Gasteiger partial charge on any atom is 0.347 e. The zero-order valence-electron chi connectivity index (χ0n) is 17.4. The number of hydrogen-bond donors (Lipinski definition) is 0. The number of esters is 1. The minimum absolute atomic E-state index is 0.0849. The van der Waals surface area contributed by atoms with Crippen LogP contribution in [0.5, 0.6) is 5.75 Å². The molecular weight excluding hydrogens is 484 g/mol. The molecule has 0 spiro atoms. The standard InChI is InChI=1S/C21H19BrN4O6/c1-4-31-21(28)12(2)32-19-8-5-14(9-18(19)26(29)30)11-23-25-13(3)24-17-7-6-15(22)10-16(17)20(25)27/h5-12H,4H2,1-3H3/t12-/m1/s1. The van der Waals surface area contributed by atoms with Crippen molar-refractivity contribution in [3.05, 3.63) is 72.7 Å². The van der Waals surface area contributed by atoms with Gasteiger partial charge in [0.25, 0.3) is 5.56 Å². The summed E-state index contributed by atoms with van der Waals surface area (Å²) >= 11 is 3.33. The first-order valence-electron chi connectivity index (χ1n) is 9.56. The first-order valence-corrected chi connectivity index (χ1v) is 10.4. The lowest BCUT2D eigenvalue weighted by molar-refractivity contribution is -0.386. The molecule has 0 saturated carbocycles. The van der Waals surface area contributed by atoms with Crippen molar-refractivity contribution in [1.29, 1.82) is 0 Å². The molecule has 32 heavy (non-hydrogen) atoms. The number of nitro benzene ring substituents is 1. The number of ether oxygens (including phenoxy) is 2. The summed E-state index contributed by atoms with van der Waals surface area (Å²) in [4.78, 5) is 39.8. The average molecular weight is 503 g/mol. The Bertz CT molecular complexity index is 1290. The number of hydrogen-bond acceptors (Lipinski definition) is 8. The number of nitro groups is 1. The predicted molar refractivity (Wildman–Crippen MR) is 121 cm³/mol. The predicted octanol–water partition coefficient (Wildman–Crippen LogP) is 3.59. The second kappa shape index (κ2) is 9.69. The highest BCUT2D eigenvalue weighted by molar-refractivity contribution is 9.10. The van der Waals surface area contributed by atoms with Gasteiger partial charge in [0.2, 0.25) is 0 Å². The van der Waals surface area contributed by atoms with Crippen LogP contribution in [0.25, 0.3) is 10.9 Å². The first kappa shape index (κ1) is 23.1. The lowest BCUT2D eigenvalue weighted by atomic mass is 10.2. The summed E-state index contributed by atoms with van der Waals surface area (Å²) in [5, 5.41) is 16.0. The second-order valence-corrected chi connectivity index (χ2v) is 7.59. The molecule has 3 rings (SSSR count). The van der Waals surface area contributed by atoms with Crippen LogP contribution in [0.1, 0.15) is 25.2 Å². The topological polar surface area (TPSA) is 126 Å². The molecule has 1 aromatic heterocycles. The number of aromatic nitrogens is 2. The van der Waals surface area contributed by atoms with Crippen LogP contribution >= 0.6 is 15.9 Å². The number of benzene rings is 2. The normalized spacial score (nSPS) is 12.1. The number of rotatable bonds is 7. The Morgan fingerprint density at radius 2 is 2.09 bits per heavy atom.